The van der Waals surface area contributed by atoms with Crippen LogP contribution in [-0.4, -0.2) is 25.4 Å². The number of methoxy groups -OCH3 is 1. The fourth-order valence-corrected chi connectivity index (χ4v) is 2.75. The van der Waals surface area contributed by atoms with Crippen LogP contribution in [0.4, 0.5) is 4.39 Å². The van der Waals surface area contributed by atoms with E-state index < -0.39 is 5.82 Å². The van der Waals surface area contributed by atoms with Gasteiger partial charge in [0.25, 0.3) is 0 Å². The summed E-state index contributed by atoms with van der Waals surface area (Å²) in [6, 6.07) is 10.2. The average Bonchev–Trinajstić information content (AvgIpc) is 2.64. The summed E-state index contributed by atoms with van der Waals surface area (Å²) in [6.45, 7) is 1.89. The second-order valence-corrected chi connectivity index (χ2v) is 6.34. The second kappa shape index (κ2) is 12.8. The molecule has 2 aromatic rings. The molecule has 0 radical (unpaired) electrons. The summed E-state index contributed by atoms with van der Waals surface area (Å²) < 4.78 is 24.9. The van der Waals surface area contributed by atoms with Crippen LogP contribution >= 0.6 is 24.0 Å². The van der Waals surface area contributed by atoms with E-state index >= 15 is 0 Å². The van der Waals surface area contributed by atoms with Crippen molar-refractivity contribution in [2.75, 3.05) is 20.3 Å². The zero-order chi connectivity index (χ0) is 18.8. The van der Waals surface area contributed by atoms with Gasteiger partial charge in [-0.3, -0.25) is 0 Å². The van der Waals surface area contributed by atoms with Crippen molar-refractivity contribution >= 4 is 24.0 Å². The molecule has 0 unspecified atom stereocenters. The first-order valence-corrected chi connectivity index (χ1v) is 9.07. The molecule has 0 saturated carbocycles. The number of hydrogen-bond acceptors (Lipinski definition) is 4. The highest BCUT2D eigenvalue weighted by Crippen LogP contribution is 2.30. The van der Waals surface area contributed by atoms with Gasteiger partial charge in [-0.25, -0.2) is 4.39 Å². The maximum atomic E-state index is 13.8. The van der Waals surface area contributed by atoms with E-state index in [1.807, 2.05) is 18.2 Å². The molecule has 27 heavy (non-hydrogen) atoms. The fourth-order valence-electron chi connectivity index (χ4n) is 2.53. The van der Waals surface area contributed by atoms with Crippen LogP contribution in [0, 0.1) is 5.82 Å². The molecule has 0 atom stereocenters. The van der Waals surface area contributed by atoms with Gasteiger partial charge in [0.1, 0.15) is 12.4 Å². The van der Waals surface area contributed by atoms with Crippen LogP contribution in [0.3, 0.4) is 0 Å². The quantitative estimate of drug-likeness (QED) is 0.518. The summed E-state index contributed by atoms with van der Waals surface area (Å²) >= 11 is 6.02. The maximum Gasteiger partial charge on any atom is 0.161 e. The normalized spacial score (nSPS) is 10.4. The molecule has 2 rings (SSSR count). The van der Waals surface area contributed by atoms with E-state index in [-0.39, 0.29) is 25.6 Å². The fraction of sp³-hybridized carbons (Fsp3) is 0.400. The van der Waals surface area contributed by atoms with Gasteiger partial charge in [0, 0.05) is 18.7 Å². The van der Waals surface area contributed by atoms with Crippen LogP contribution in [0.2, 0.25) is 5.02 Å². The van der Waals surface area contributed by atoms with Gasteiger partial charge in [0.2, 0.25) is 0 Å². The summed E-state index contributed by atoms with van der Waals surface area (Å²) in [7, 11) is 1.57. The standard InChI is InChI=1S/C20H25ClFNO3.ClH/c1-25-20-12-15(13-23-10-3-2-4-11-24)8-9-19(20)26-14-16-17(21)6-5-7-18(16)22;/h5-9,12,23-24H,2-4,10-11,13-14H2,1H3;1H. The van der Waals surface area contributed by atoms with Crippen molar-refractivity contribution in [1.82, 2.24) is 5.32 Å². The predicted molar refractivity (Wildman–Crippen MR) is 109 cm³/mol. The van der Waals surface area contributed by atoms with Crippen molar-refractivity contribution in [2.45, 2.75) is 32.4 Å². The predicted octanol–water partition coefficient (Wildman–Crippen LogP) is 4.74. The van der Waals surface area contributed by atoms with E-state index in [1.54, 1.807) is 19.2 Å². The number of ether oxygens (including phenoxy) is 2. The molecule has 0 bridgehead atoms. The molecule has 4 nitrogen and oxygen atoms in total. The molecule has 7 heteroatoms. The van der Waals surface area contributed by atoms with Gasteiger partial charge in [-0.15, -0.1) is 12.4 Å². The molecule has 0 aliphatic carbocycles. The van der Waals surface area contributed by atoms with Gasteiger partial charge in [-0.05, 0) is 55.6 Å². The third-order valence-electron chi connectivity index (χ3n) is 4.00. The average molecular weight is 418 g/mol. The van der Waals surface area contributed by atoms with Crippen molar-refractivity contribution in [1.29, 1.82) is 0 Å². The smallest absolute Gasteiger partial charge is 0.161 e. The molecular weight excluding hydrogens is 392 g/mol. The Hall–Kier alpha value is -1.53. The highest BCUT2D eigenvalue weighted by Gasteiger charge is 2.11. The lowest BCUT2D eigenvalue weighted by Crippen LogP contribution is -2.14. The van der Waals surface area contributed by atoms with Crippen LogP contribution < -0.4 is 14.8 Å². The molecule has 2 N–H and O–H groups in total. The Bertz CT molecular complexity index is 681. The van der Waals surface area contributed by atoms with Gasteiger partial charge in [0.15, 0.2) is 11.5 Å². The summed E-state index contributed by atoms with van der Waals surface area (Å²) in [4.78, 5) is 0. The maximum absolute atomic E-state index is 13.8. The summed E-state index contributed by atoms with van der Waals surface area (Å²) in [6.07, 6.45) is 2.88. The van der Waals surface area contributed by atoms with Crippen molar-refractivity contribution in [2.24, 2.45) is 0 Å². The van der Waals surface area contributed by atoms with Crippen LogP contribution in [0.1, 0.15) is 30.4 Å². The first-order valence-electron chi connectivity index (χ1n) is 8.70. The van der Waals surface area contributed by atoms with E-state index in [1.165, 1.54) is 6.07 Å². The van der Waals surface area contributed by atoms with E-state index in [4.69, 9.17) is 26.2 Å². The van der Waals surface area contributed by atoms with Gasteiger partial charge in [0.05, 0.1) is 12.1 Å². The number of aliphatic hydroxyl groups excluding tert-OH is 1. The number of aliphatic hydroxyl groups is 1. The number of hydrogen-bond donors (Lipinski definition) is 2. The summed E-state index contributed by atoms with van der Waals surface area (Å²) in [5, 5.41) is 12.5. The Morgan fingerprint density at radius 3 is 2.63 bits per heavy atom. The Morgan fingerprint density at radius 2 is 1.93 bits per heavy atom. The van der Waals surface area contributed by atoms with Crippen LogP contribution in [-0.2, 0) is 13.2 Å². The molecule has 0 aliphatic rings. The minimum atomic E-state index is -0.390. The SMILES string of the molecule is COc1cc(CNCCCCCO)ccc1OCc1c(F)cccc1Cl.Cl. The Labute approximate surface area is 171 Å². The van der Waals surface area contributed by atoms with Gasteiger partial charge < -0.3 is 19.9 Å². The zero-order valence-electron chi connectivity index (χ0n) is 15.3. The van der Waals surface area contributed by atoms with Crippen molar-refractivity contribution in [3.63, 3.8) is 0 Å². The molecule has 150 valence electrons. The topological polar surface area (TPSA) is 50.7 Å². The van der Waals surface area contributed by atoms with E-state index in [0.717, 1.165) is 37.9 Å². The third-order valence-corrected chi connectivity index (χ3v) is 4.36. The first-order chi connectivity index (χ1) is 12.7. The van der Waals surface area contributed by atoms with Crippen LogP contribution in [0.15, 0.2) is 36.4 Å². The first kappa shape index (κ1) is 23.5. The van der Waals surface area contributed by atoms with Crippen LogP contribution in [0.5, 0.6) is 11.5 Å². The lowest BCUT2D eigenvalue weighted by atomic mass is 10.2. The molecule has 0 amide bonds. The van der Waals surface area contributed by atoms with E-state index in [2.05, 4.69) is 5.32 Å². The van der Waals surface area contributed by atoms with Gasteiger partial charge in [-0.1, -0.05) is 23.7 Å². The lowest BCUT2D eigenvalue weighted by molar-refractivity contribution is 0.279. The number of rotatable bonds is 11. The Kier molecular flexibility index (Phi) is 11.1. The molecule has 0 saturated heterocycles. The van der Waals surface area contributed by atoms with Gasteiger partial charge in [-0.2, -0.15) is 0 Å². The third kappa shape index (κ3) is 7.54. The van der Waals surface area contributed by atoms with E-state index in [0.29, 0.717) is 22.1 Å². The van der Waals surface area contributed by atoms with Crippen molar-refractivity contribution < 1.29 is 19.0 Å². The van der Waals surface area contributed by atoms with Crippen molar-refractivity contribution in [3.05, 3.63) is 58.4 Å². The number of halogens is 3. The summed E-state index contributed by atoms with van der Waals surface area (Å²) in [5.41, 5.74) is 1.39. The molecule has 0 aromatic heterocycles. The molecule has 0 aliphatic heterocycles. The van der Waals surface area contributed by atoms with E-state index in [9.17, 15) is 4.39 Å². The number of benzene rings is 2. The highest BCUT2D eigenvalue weighted by atomic mass is 35.5. The Balaban J connectivity index is 0.00000364. The lowest BCUT2D eigenvalue weighted by Gasteiger charge is -2.13. The zero-order valence-corrected chi connectivity index (χ0v) is 16.9. The minimum absolute atomic E-state index is 0. The van der Waals surface area contributed by atoms with Crippen LogP contribution in [0.25, 0.3) is 0 Å². The summed E-state index contributed by atoms with van der Waals surface area (Å²) in [5.74, 6) is 0.744. The number of unbranched alkanes of at least 4 members (excludes halogenated alkanes) is 2. The van der Waals surface area contributed by atoms with Crippen molar-refractivity contribution in [3.8, 4) is 11.5 Å². The molecule has 0 fully saturated rings. The Morgan fingerprint density at radius 1 is 1.11 bits per heavy atom. The molecule has 0 heterocycles. The second-order valence-electron chi connectivity index (χ2n) is 5.94. The highest BCUT2D eigenvalue weighted by molar-refractivity contribution is 6.31. The van der Waals surface area contributed by atoms with Gasteiger partial charge >= 0.3 is 0 Å². The molecule has 0 spiro atoms. The largest absolute Gasteiger partial charge is 0.493 e. The minimum Gasteiger partial charge on any atom is -0.493 e. The monoisotopic (exact) mass is 417 g/mol. The number of nitrogens with one attached hydrogen (secondary N) is 1. The molecule has 2 aromatic carbocycles. The molecular formula is C20H26Cl2FNO3.